The van der Waals surface area contributed by atoms with Gasteiger partial charge in [-0.1, -0.05) is 47.5 Å². The molecule has 1 fully saturated rings. The van der Waals surface area contributed by atoms with Crippen LogP contribution < -0.4 is 4.74 Å². The molecule has 0 spiro atoms. The molecule has 1 heterocycles. The van der Waals surface area contributed by atoms with E-state index in [9.17, 15) is 21.6 Å². The summed E-state index contributed by atoms with van der Waals surface area (Å²) in [5.74, 6) is 0.160. The van der Waals surface area contributed by atoms with Gasteiger partial charge in [-0.3, -0.25) is 13.2 Å². The molecule has 0 saturated carbocycles. The van der Waals surface area contributed by atoms with Crippen molar-refractivity contribution in [3.8, 4) is 5.75 Å². The third-order valence-corrected chi connectivity index (χ3v) is 9.78. The van der Waals surface area contributed by atoms with Crippen LogP contribution in [-0.2, 0) is 39.9 Å². The predicted octanol–water partition coefficient (Wildman–Crippen LogP) is 4.62. The molecule has 4 rings (SSSR count). The van der Waals surface area contributed by atoms with Crippen molar-refractivity contribution < 1.29 is 34.7 Å². The monoisotopic (exact) mass is 601 g/mol. The Kier molecular flexibility index (Phi) is 9.85. The quantitative estimate of drug-likeness (QED) is 0.206. The topological polar surface area (TPSA) is 116 Å². The number of benzene rings is 3. The fraction of sp³-hybridized carbons (Fsp3) is 0.367. The number of aryl methyl sites for hydroxylation is 2. The number of nitrogens with zero attached hydrogens (tertiary/aromatic N) is 1. The largest absolute Gasteiger partial charge is 0.497 e. The molecule has 11 heteroatoms. The fourth-order valence-corrected chi connectivity index (χ4v) is 6.70. The van der Waals surface area contributed by atoms with Gasteiger partial charge in [0.15, 0.2) is 0 Å². The first-order valence-electron chi connectivity index (χ1n) is 13.3. The lowest BCUT2D eigenvalue weighted by atomic mass is 9.97. The maximum absolute atomic E-state index is 13.1. The highest BCUT2D eigenvalue weighted by molar-refractivity contribution is 7.87. The molecule has 1 saturated heterocycles. The molecule has 0 unspecified atom stereocenters. The van der Waals surface area contributed by atoms with Gasteiger partial charge in [0.25, 0.3) is 20.2 Å². The molecule has 1 amide bonds. The lowest BCUT2D eigenvalue weighted by Gasteiger charge is -2.28. The highest BCUT2D eigenvalue weighted by atomic mass is 32.2. The van der Waals surface area contributed by atoms with Crippen LogP contribution in [0.5, 0.6) is 5.75 Å². The molecule has 9 nitrogen and oxygen atoms in total. The van der Waals surface area contributed by atoms with Crippen LogP contribution in [0.25, 0.3) is 0 Å². The van der Waals surface area contributed by atoms with Crippen LogP contribution in [0.3, 0.4) is 0 Å². The lowest BCUT2D eigenvalue weighted by molar-refractivity contribution is -0.129. The Morgan fingerprint density at radius 3 is 1.85 bits per heavy atom. The van der Waals surface area contributed by atoms with Crippen LogP contribution in [-0.4, -0.2) is 54.0 Å². The van der Waals surface area contributed by atoms with Crippen LogP contribution in [0, 0.1) is 19.8 Å². The highest BCUT2D eigenvalue weighted by Crippen LogP contribution is 2.32. The summed E-state index contributed by atoms with van der Waals surface area (Å²) in [6.45, 7) is 3.79. The number of likely N-dealkylation sites (tertiary alicyclic amines) is 1. The Morgan fingerprint density at radius 2 is 1.32 bits per heavy atom. The van der Waals surface area contributed by atoms with Crippen molar-refractivity contribution in [3.63, 3.8) is 0 Å². The van der Waals surface area contributed by atoms with Gasteiger partial charge in [0.05, 0.1) is 30.1 Å². The number of amides is 1. The summed E-state index contributed by atoms with van der Waals surface area (Å²) >= 11 is 0. The maximum atomic E-state index is 13.1. The van der Waals surface area contributed by atoms with E-state index in [1.54, 1.807) is 36.3 Å². The summed E-state index contributed by atoms with van der Waals surface area (Å²) in [5, 5.41) is 0. The molecule has 2 atom stereocenters. The van der Waals surface area contributed by atoms with Crippen molar-refractivity contribution in [3.05, 3.63) is 89.5 Å². The summed E-state index contributed by atoms with van der Waals surface area (Å²) in [6, 6.07) is 19.7. The predicted molar refractivity (Wildman–Crippen MR) is 153 cm³/mol. The van der Waals surface area contributed by atoms with Crippen molar-refractivity contribution in [2.24, 2.45) is 5.92 Å². The Labute approximate surface area is 242 Å². The smallest absolute Gasteiger partial charge is 0.296 e. The van der Waals surface area contributed by atoms with E-state index in [4.69, 9.17) is 13.1 Å². The first kappa shape index (κ1) is 30.7. The molecule has 0 aromatic heterocycles. The molecule has 0 radical (unpaired) electrons. The van der Waals surface area contributed by atoms with E-state index in [0.717, 1.165) is 16.7 Å². The first-order valence-corrected chi connectivity index (χ1v) is 16.1. The van der Waals surface area contributed by atoms with Gasteiger partial charge >= 0.3 is 0 Å². The standard InChI is InChI=1S/C30H35NO8S2/c1-22-6-14-27(15-7-22)40(33,34)38-18-4-5-29-25(21-39-41(35,36)28-16-8-23(2)9-17-28)19-30(32)31(29)20-24-10-12-26(37-3)13-11-24/h6-17,25,29H,4-5,18-21H2,1-3H3/t25-,29+/m0/s1. The van der Waals surface area contributed by atoms with Crippen molar-refractivity contribution in [2.75, 3.05) is 20.3 Å². The van der Waals surface area contributed by atoms with Gasteiger partial charge in [-0.25, -0.2) is 0 Å². The molecule has 41 heavy (non-hydrogen) atoms. The second kappa shape index (κ2) is 13.2. The minimum absolute atomic E-state index is 0.0498. The molecule has 0 aliphatic carbocycles. The molecular formula is C30H35NO8S2. The zero-order valence-electron chi connectivity index (χ0n) is 23.4. The summed E-state index contributed by atoms with van der Waals surface area (Å²) in [4.78, 5) is 15.0. The molecule has 1 aliphatic heterocycles. The number of ether oxygens (including phenoxy) is 1. The second-order valence-electron chi connectivity index (χ2n) is 10.2. The lowest BCUT2D eigenvalue weighted by Crippen LogP contribution is -2.36. The number of carbonyl (C=O) groups excluding carboxylic acids is 1. The number of rotatable bonds is 13. The van der Waals surface area contributed by atoms with Gasteiger partial charge in [-0.2, -0.15) is 16.8 Å². The normalized spacial score (nSPS) is 17.6. The zero-order valence-corrected chi connectivity index (χ0v) is 25.0. The van der Waals surface area contributed by atoms with Gasteiger partial charge in [-0.15, -0.1) is 0 Å². The summed E-state index contributed by atoms with van der Waals surface area (Å²) in [5.41, 5.74) is 2.74. The molecule has 3 aromatic rings. The third kappa shape index (κ3) is 7.94. The van der Waals surface area contributed by atoms with E-state index < -0.39 is 26.2 Å². The van der Waals surface area contributed by atoms with Crippen LogP contribution in [0.4, 0.5) is 0 Å². The second-order valence-corrected chi connectivity index (χ2v) is 13.4. The average molecular weight is 602 g/mol. The zero-order chi connectivity index (χ0) is 29.6. The van der Waals surface area contributed by atoms with Crippen molar-refractivity contribution in [1.29, 1.82) is 0 Å². The molecule has 1 aliphatic rings. The highest BCUT2D eigenvalue weighted by Gasteiger charge is 2.40. The van der Waals surface area contributed by atoms with Gasteiger partial charge in [0, 0.05) is 24.9 Å². The molecule has 0 bridgehead atoms. The van der Waals surface area contributed by atoms with Gasteiger partial charge < -0.3 is 9.64 Å². The average Bonchev–Trinajstić information content (AvgIpc) is 3.24. The minimum atomic E-state index is -4.02. The molecule has 0 N–H and O–H groups in total. The maximum Gasteiger partial charge on any atom is 0.296 e. The Hall–Kier alpha value is -3.25. The number of hydrogen-bond acceptors (Lipinski definition) is 8. The first-order chi connectivity index (χ1) is 19.5. The van der Waals surface area contributed by atoms with E-state index in [1.165, 1.54) is 24.3 Å². The summed E-state index contributed by atoms with van der Waals surface area (Å²) < 4.78 is 66.8. The number of hydrogen-bond donors (Lipinski definition) is 0. The number of methoxy groups -OCH3 is 1. The molecule has 220 valence electrons. The molecule has 3 aromatic carbocycles. The van der Waals surface area contributed by atoms with E-state index in [-0.39, 0.29) is 41.4 Å². The van der Waals surface area contributed by atoms with Crippen LogP contribution in [0.2, 0.25) is 0 Å². The van der Waals surface area contributed by atoms with E-state index in [2.05, 4.69) is 0 Å². The third-order valence-electron chi connectivity index (χ3n) is 7.15. The minimum Gasteiger partial charge on any atom is -0.497 e. The summed E-state index contributed by atoms with van der Waals surface area (Å²) in [7, 11) is -6.37. The Morgan fingerprint density at radius 1 is 0.780 bits per heavy atom. The Bertz CT molecular complexity index is 1540. The SMILES string of the molecule is COc1ccc(CN2C(=O)C[C@@H](COS(=O)(=O)c3ccc(C)cc3)[C@H]2CCCOS(=O)(=O)c2ccc(C)cc2)cc1. The van der Waals surface area contributed by atoms with Gasteiger partial charge in [0.2, 0.25) is 5.91 Å². The number of carbonyl (C=O) groups is 1. The van der Waals surface area contributed by atoms with Crippen molar-refractivity contribution in [1.82, 2.24) is 4.90 Å². The van der Waals surface area contributed by atoms with E-state index in [0.29, 0.717) is 25.1 Å². The Balaban J connectivity index is 1.45. The van der Waals surface area contributed by atoms with Crippen molar-refractivity contribution in [2.45, 2.75) is 55.5 Å². The fourth-order valence-electron chi connectivity index (χ4n) is 4.80. The van der Waals surface area contributed by atoms with Gasteiger partial charge in [-0.05, 0) is 68.7 Å². The van der Waals surface area contributed by atoms with Crippen molar-refractivity contribution >= 4 is 26.1 Å². The van der Waals surface area contributed by atoms with E-state index >= 15 is 0 Å². The summed E-state index contributed by atoms with van der Waals surface area (Å²) in [6.07, 6.45) is 0.861. The van der Waals surface area contributed by atoms with Gasteiger partial charge in [0.1, 0.15) is 5.75 Å². The van der Waals surface area contributed by atoms with Crippen LogP contribution >= 0.6 is 0 Å². The van der Waals surface area contributed by atoms with E-state index in [1.807, 2.05) is 38.1 Å². The van der Waals surface area contributed by atoms with Crippen LogP contribution in [0.15, 0.2) is 82.6 Å². The molecular weight excluding hydrogens is 566 g/mol. The van der Waals surface area contributed by atoms with Crippen LogP contribution in [0.1, 0.15) is 36.0 Å².